The number of hydrogen-bond acceptors (Lipinski definition) is 2. The summed E-state index contributed by atoms with van der Waals surface area (Å²) in [6.45, 7) is 0. The van der Waals surface area contributed by atoms with E-state index in [4.69, 9.17) is 5.73 Å². The molecule has 0 saturated heterocycles. The maximum atomic E-state index is 12.2. The first-order chi connectivity index (χ1) is 6.06. The first-order valence-corrected chi connectivity index (χ1v) is 4.54. The molecule has 0 aliphatic carbocycles. The molecule has 0 aromatic carbocycles. The zero-order chi connectivity index (χ0) is 10.0. The molecule has 1 heterocycles. The fraction of sp³-hybridized carbons (Fsp3) is 0.286. The zero-order valence-corrected chi connectivity index (χ0v) is 8.07. The van der Waals surface area contributed by atoms with Gasteiger partial charge < -0.3 is 10.7 Å². The van der Waals surface area contributed by atoms with Crippen molar-refractivity contribution in [2.75, 3.05) is 5.73 Å². The van der Waals surface area contributed by atoms with Crippen LogP contribution in [0.1, 0.15) is 17.7 Å². The van der Waals surface area contributed by atoms with Gasteiger partial charge in [0, 0.05) is 17.1 Å². The van der Waals surface area contributed by atoms with E-state index in [-0.39, 0.29) is 5.82 Å². The summed E-state index contributed by atoms with van der Waals surface area (Å²) >= 11 is 3.07. The minimum atomic E-state index is -2.84. The Bertz CT molecular complexity index is 364. The van der Waals surface area contributed by atoms with Crippen LogP contribution in [0.2, 0.25) is 0 Å². The first-order valence-electron chi connectivity index (χ1n) is 3.42. The predicted octanol–water partition coefficient (Wildman–Crippen LogP) is 1.79. The molecule has 0 aliphatic heterocycles. The van der Waals surface area contributed by atoms with Gasteiger partial charge in [-0.05, 0) is 0 Å². The highest BCUT2D eigenvalue weighted by molar-refractivity contribution is 9.08. The van der Waals surface area contributed by atoms with Crippen LogP contribution in [0.25, 0.3) is 0 Å². The van der Waals surface area contributed by atoms with E-state index in [1.54, 1.807) is 0 Å². The smallest absolute Gasteiger partial charge is 0.271 e. The van der Waals surface area contributed by atoms with Crippen molar-refractivity contribution in [3.63, 3.8) is 0 Å². The van der Waals surface area contributed by atoms with Crippen molar-refractivity contribution in [3.8, 4) is 0 Å². The molecule has 72 valence electrons. The van der Waals surface area contributed by atoms with Crippen molar-refractivity contribution < 1.29 is 8.78 Å². The lowest BCUT2D eigenvalue weighted by Gasteiger charge is -2.04. The topological polar surface area (TPSA) is 58.9 Å². The van der Waals surface area contributed by atoms with Crippen molar-refractivity contribution in [3.05, 3.63) is 27.5 Å². The van der Waals surface area contributed by atoms with Crippen LogP contribution in [0.15, 0.2) is 10.9 Å². The average molecular weight is 253 g/mol. The van der Waals surface area contributed by atoms with Crippen molar-refractivity contribution in [1.82, 2.24) is 4.98 Å². The molecule has 0 atom stereocenters. The van der Waals surface area contributed by atoms with Gasteiger partial charge in [-0.15, -0.1) is 0 Å². The van der Waals surface area contributed by atoms with Crippen LogP contribution >= 0.6 is 15.9 Å². The molecule has 0 spiro atoms. The van der Waals surface area contributed by atoms with Gasteiger partial charge in [0.25, 0.3) is 6.43 Å². The van der Waals surface area contributed by atoms with Crippen LogP contribution in [-0.2, 0) is 5.33 Å². The Balaban J connectivity index is 3.32. The number of aromatic nitrogens is 1. The molecule has 0 fully saturated rings. The Morgan fingerprint density at radius 3 is 2.62 bits per heavy atom. The quantitative estimate of drug-likeness (QED) is 0.789. The van der Waals surface area contributed by atoms with Crippen molar-refractivity contribution in [2.24, 2.45) is 0 Å². The SMILES string of the molecule is Nc1[nH]c(CBr)cc(=O)c1C(F)F. The van der Waals surface area contributed by atoms with E-state index in [9.17, 15) is 13.6 Å². The second kappa shape index (κ2) is 3.87. The number of anilines is 1. The third kappa shape index (κ3) is 2.06. The van der Waals surface area contributed by atoms with Crippen LogP contribution in [0.4, 0.5) is 14.6 Å². The molecule has 13 heavy (non-hydrogen) atoms. The van der Waals surface area contributed by atoms with Crippen LogP contribution in [0.5, 0.6) is 0 Å². The van der Waals surface area contributed by atoms with Crippen molar-refractivity contribution >= 4 is 21.7 Å². The summed E-state index contributed by atoms with van der Waals surface area (Å²) in [7, 11) is 0. The van der Waals surface area contributed by atoms with E-state index in [0.717, 1.165) is 6.07 Å². The molecule has 0 radical (unpaired) electrons. The number of aromatic amines is 1. The fourth-order valence-corrected chi connectivity index (χ4v) is 1.24. The summed E-state index contributed by atoms with van der Waals surface area (Å²) in [5.74, 6) is -0.267. The molecule has 0 unspecified atom stereocenters. The number of hydrogen-bond donors (Lipinski definition) is 2. The van der Waals surface area contributed by atoms with Crippen molar-refractivity contribution in [2.45, 2.75) is 11.8 Å². The third-order valence-corrected chi connectivity index (χ3v) is 2.12. The normalized spacial score (nSPS) is 10.8. The molecule has 1 rings (SSSR count). The monoisotopic (exact) mass is 252 g/mol. The standard InChI is InChI=1S/C7H7BrF2N2O/c8-2-3-1-4(13)5(6(9)10)7(11)12-3/h1,6H,2H2,(H3,11,12,13). The lowest BCUT2D eigenvalue weighted by atomic mass is 10.2. The van der Waals surface area contributed by atoms with Gasteiger partial charge in [-0.1, -0.05) is 15.9 Å². The van der Waals surface area contributed by atoms with E-state index in [0.29, 0.717) is 11.0 Å². The Morgan fingerprint density at radius 2 is 2.23 bits per heavy atom. The van der Waals surface area contributed by atoms with Gasteiger partial charge in [-0.25, -0.2) is 8.78 Å². The number of nitrogens with two attached hydrogens (primary N) is 1. The molecule has 0 saturated carbocycles. The Hall–Kier alpha value is -0.910. The van der Waals surface area contributed by atoms with E-state index in [2.05, 4.69) is 20.9 Å². The largest absolute Gasteiger partial charge is 0.385 e. The highest BCUT2D eigenvalue weighted by atomic mass is 79.9. The van der Waals surface area contributed by atoms with Gasteiger partial charge >= 0.3 is 0 Å². The Morgan fingerprint density at radius 1 is 1.62 bits per heavy atom. The van der Waals surface area contributed by atoms with Gasteiger partial charge in [0.15, 0.2) is 5.43 Å². The molecule has 1 aromatic rings. The average Bonchev–Trinajstić information content (AvgIpc) is 2.02. The van der Waals surface area contributed by atoms with E-state index < -0.39 is 17.4 Å². The van der Waals surface area contributed by atoms with E-state index >= 15 is 0 Å². The zero-order valence-electron chi connectivity index (χ0n) is 6.48. The Kier molecular flexibility index (Phi) is 3.02. The van der Waals surface area contributed by atoms with Crippen LogP contribution < -0.4 is 11.2 Å². The van der Waals surface area contributed by atoms with E-state index in [1.165, 1.54) is 0 Å². The summed E-state index contributed by atoms with van der Waals surface area (Å²) < 4.78 is 24.4. The highest BCUT2D eigenvalue weighted by Gasteiger charge is 2.16. The number of halogens is 3. The molecule has 3 nitrogen and oxygen atoms in total. The number of nitrogens with one attached hydrogen (secondary N) is 1. The maximum Gasteiger partial charge on any atom is 0.271 e. The molecule has 0 amide bonds. The maximum absolute atomic E-state index is 12.2. The summed E-state index contributed by atoms with van der Waals surface area (Å²) in [6, 6.07) is 1.10. The first kappa shape index (κ1) is 10.2. The number of alkyl halides is 3. The minimum absolute atomic E-state index is 0.267. The molecule has 3 N–H and O–H groups in total. The van der Waals surface area contributed by atoms with Crippen LogP contribution in [-0.4, -0.2) is 4.98 Å². The third-order valence-electron chi connectivity index (χ3n) is 1.52. The van der Waals surface area contributed by atoms with Gasteiger partial charge in [0.1, 0.15) is 11.4 Å². The van der Waals surface area contributed by atoms with Gasteiger partial charge in [0.05, 0.1) is 0 Å². The molecule has 6 heteroatoms. The molecule has 0 aliphatic rings. The lowest BCUT2D eigenvalue weighted by molar-refractivity contribution is 0.150. The fourth-order valence-electron chi connectivity index (χ4n) is 0.942. The second-order valence-corrected chi connectivity index (χ2v) is 2.98. The van der Waals surface area contributed by atoms with Gasteiger partial charge in [0.2, 0.25) is 0 Å². The number of rotatable bonds is 2. The summed E-state index contributed by atoms with van der Waals surface area (Å²) in [5, 5.41) is 0.371. The molecular weight excluding hydrogens is 246 g/mol. The van der Waals surface area contributed by atoms with Crippen molar-refractivity contribution in [1.29, 1.82) is 0 Å². The number of H-pyrrole nitrogens is 1. The number of pyridine rings is 1. The minimum Gasteiger partial charge on any atom is -0.385 e. The summed E-state index contributed by atoms with van der Waals surface area (Å²) in [6.07, 6.45) is -2.84. The van der Waals surface area contributed by atoms with Crippen LogP contribution in [0.3, 0.4) is 0 Å². The Labute approximate surface area is 81.1 Å². The highest BCUT2D eigenvalue weighted by Crippen LogP contribution is 2.19. The van der Waals surface area contributed by atoms with Gasteiger partial charge in [-0.2, -0.15) is 0 Å². The molecule has 0 bridgehead atoms. The predicted molar refractivity (Wildman–Crippen MR) is 49.1 cm³/mol. The molecular formula is C7H7BrF2N2O. The van der Waals surface area contributed by atoms with Gasteiger partial charge in [-0.3, -0.25) is 4.79 Å². The van der Waals surface area contributed by atoms with Crippen LogP contribution in [0, 0.1) is 0 Å². The lowest BCUT2D eigenvalue weighted by Crippen LogP contribution is -2.14. The second-order valence-electron chi connectivity index (χ2n) is 2.42. The van der Waals surface area contributed by atoms with E-state index in [1.807, 2.05) is 0 Å². The summed E-state index contributed by atoms with van der Waals surface area (Å²) in [5.41, 5.74) is 4.32. The molecule has 1 aromatic heterocycles. The number of nitrogen functional groups attached to an aromatic ring is 1. The summed E-state index contributed by atoms with van der Waals surface area (Å²) in [4.78, 5) is 13.6.